The van der Waals surface area contributed by atoms with E-state index in [1.807, 2.05) is 12.1 Å². The lowest BCUT2D eigenvalue weighted by molar-refractivity contribution is 0.0613. The highest BCUT2D eigenvalue weighted by atomic mass is 32.2. The molecular weight excluding hydrogens is 611 g/mol. The molecule has 2 saturated heterocycles. The van der Waals surface area contributed by atoms with Crippen LogP contribution in [-0.4, -0.2) is 58.4 Å². The molecule has 45 heavy (non-hydrogen) atoms. The molecule has 2 N–H and O–H groups in total. The summed E-state index contributed by atoms with van der Waals surface area (Å²) in [5.74, 6) is 1.16. The molecule has 1 aromatic carbocycles. The van der Waals surface area contributed by atoms with Gasteiger partial charge in [0.15, 0.2) is 0 Å². The van der Waals surface area contributed by atoms with Crippen LogP contribution in [0.25, 0.3) is 22.2 Å². The molecule has 234 valence electrons. The van der Waals surface area contributed by atoms with Crippen LogP contribution >= 0.6 is 11.3 Å². The number of benzene rings is 1. The summed E-state index contributed by atoms with van der Waals surface area (Å²) in [5.41, 5.74) is 3.71. The van der Waals surface area contributed by atoms with Crippen LogP contribution in [0.15, 0.2) is 69.2 Å². The molecule has 1 atom stereocenters. The van der Waals surface area contributed by atoms with Crippen LogP contribution in [-0.2, 0) is 21.3 Å². The summed E-state index contributed by atoms with van der Waals surface area (Å²) in [5, 5.41) is 13.5. The lowest BCUT2D eigenvalue weighted by atomic mass is 9.92. The SMILES string of the molecule is Cc1nn(S(=O)(=O)c2cccs2)cc1-c1cc2cnc(Nc3ccc(C4CCCNC4)cc3)nc2n(CC2CCOCC2)c1=O. The van der Waals surface area contributed by atoms with E-state index in [0.29, 0.717) is 59.5 Å². The van der Waals surface area contributed by atoms with Crippen LogP contribution in [0, 0.1) is 12.8 Å². The van der Waals surface area contributed by atoms with Gasteiger partial charge in [-0.2, -0.15) is 22.6 Å². The Morgan fingerprint density at radius 2 is 1.93 bits per heavy atom. The minimum atomic E-state index is -3.87. The molecule has 5 aromatic rings. The Kier molecular flexibility index (Phi) is 8.25. The Balaban J connectivity index is 1.25. The molecule has 11 nitrogen and oxygen atoms in total. The summed E-state index contributed by atoms with van der Waals surface area (Å²) >= 11 is 1.12. The van der Waals surface area contributed by atoms with E-state index in [2.05, 4.69) is 32.8 Å². The second kappa shape index (κ2) is 12.5. The molecule has 13 heteroatoms. The third-order valence-corrected chi connectivity index (χ3v) is 11.6. The Hall–Kier alpha value is -3.91. The maximum atomic E-state index is 14.2. The van der Waals surface area contributed by atoms with Crippen molar-refractivity contribution in [3.8, 4) is 11.1 Å². The normalized spacial score (nSPS) is 17.9. The first-order valence-corrected chi connectivity index (χ1v) is 17.6. The van der Waals surface area contributed by atoms with Crippen LogP contribution in [0.5, 0.6) is 0 Å². The number of aryl methyl sites for hydroxylation is 1. The first kappa shape index (κ1) is 29.8. The predicted molar refractivity (Wildman–Crippen MR) is 175 cm³/mol. The van der Waals surface area contributed by atoms with E-state index < -0.39 is 10.0 Å². The maximum absolute atomic E-state index is 14.2. The number of hydrogen-bond donors (Lipinski definition) is 2. The van der Waals surface area contributed by atoms with Crippen molar-refractivity contribution in [3.63, 3.8) is 0 Å². The number of thiophene rings is 1. The molecular formula is C32H35N7O4S2. The number of piperidine rings is 1. The van der Waals surface area contributed by atoms with E-state index in [0.717, 1.165) is 47.0 Å². The summed E-state index contributed by atoms with van der Waals surface area (Å²) in [7, 11) is -3.87. The van der Waals surface area contributed by atoms with Crippen LogP contribution in [0.3, 0.4) is 0 Å². The van der Waals surface area contributed by atoms with E-state index in [1.54, 1.807) is 41.3 Å². The summed E-state index contributed by atoms with van der Waals surface area (Å²) in [6, 6.07) is 13.3. The third-order valence-electron chi connectivity index (χ3n) is 8.71. The van der Waals surface area contributed by atoms with Gasteiger partial charge in [-0.25, -0.2) is 4.98 Å². The molecule has 0 radical (unpaired) electrons. The monoisotopic (exact) mass is 645 g/mol. The molecule has 0 aliphatic carbocycles. The van der Waals surface area contributed by atoms with E-state index in [1.165, 1.54) is 24.6 Å². The summed E-state index contributed by atoms with van der Waals surface area (Å²) in [6.07, 6.45) is 7.18. The smallest absolute Gasteiger partial charge is 0.292 e. The first-order valence-electron chi connectivity index (χ1n) is 15.3. The average molecular weight is 646 g/mol. The zero-order chi connectivity index (χ0) is 31.0. The lowest BCUT2D eigenvalue weighted by Gasteiger charge is -2.24. The van der Waals surface area contributed by atoms with Crippen LogP contribution < -0.4 is 16.2 Å². The van der Waals surface area contributed by atoms with Gasteiger partial charge in [0.25, 0.3) is 15.6 Å². The van der Waals surface area contributed by atoms with Gasteiger partial charge >= 0.3 is 0 Å². The summed E-state index contributed by atoms with van der Waals surface area (Å²) < 4.78 is 34.8. The molecule has 2 aliphatic rings. The number of aromatic nitrogens is 5. The topological polar surface area (TPSA) is 133 Å². The second-order valence-corrected chi connectivity index (χ2v) is 14.7. The van der Waals surface area contributed by atoms with Crippen molar-refractivity contribution in [2.75, 3.05) is 31.6 Å². The fourth-order valence-electron chi connectivity index (χ4n) is 6.20. The highest BCUT2D eigenvalue weighted by Gasteiger charge is 2.25. The Labute approximate surface area is 265 Å². The average Bonchev–Trinajstić information content (AvgIpc) is 3.75. The van der Waals surface area contributed by atoms with E-state index in [4.69, 9.17) is 9.72 Å². The van der Waals surface area contributed by atoms with Gasteiger partial charge in [0.1, 0.15) is 9.86 Å². The predicted octanol–water partition coefficient (Wildman–Crippen LogP) is 4.90. The van der Waals surface area contributed by atoms with Crippen LogP contribution in [0.1, 0.15) is 42.9 Å². The molecule has 4 aromatic heterocycles. The van der Waals surface area contributed by atoms with Gasteiger partial charge in [0.2, 0.25) is 5.95 Å². The number of ether oxygens (including phenoxy) is 1. The van der Waals surface area contributed by atoms with E-state index in [-0.39, 0.29) is 15.7 Å². The molecule has 0 amide bonds. The number of hydrogen-bond acceptors (Lipinski definition) is 10. The van der Waals surface area contributed by atoms with Crippen LogP contribution in [0.4, 0.5) is 11.6 Å². The standard InChI is InChI=1S/C32H35N7O4S2/c1-21-28(20-39(37-21)45(41,42)29-5-3-15-44-29)27-16-25-18-34-32(35-26-8-6-23(7-9-26)24-4-2-12-33-17-24)36-30(25)38(31(27)40)19-22-10-13-43-14-11-22/h3,5-9,15-16,18,20,22,24,33H,2,4,10-14,17,19H2,1H3,(H,34,35,36). The molecule has 1 unspecified atom stereocenters. The molecule has 7 rings (SSSR count). The van der Waals surface area contributed by atoms with Crippen molar-refractivity contribution < 1.29 is 13.2 Å². The Morgan fingerprint density at radius 3 is 2.67 bits per heavy atom. The number of pyridine rings is 1. The zero-order valence-corrected chi connectivity index (χ0v) is 26.6. The number of nitrogens with zero attached hydrogens (tertiary/aromatic N) is 5. The van der Waals surface area contributed by atoms with E-state index >= 15 is 0 Å². The molecule has 0 spiro atoms. The van der Waals surface area contributed by atoms with Gasteiger partial charge in [-0.15, -0.1) is 11.3 Å². The molecule has 2 aliphatic heterocycles. The van der Waals surface area contributed by atoms with Crippen molar-refractivity contribution in [2.45, 2.75) is 49.3 Å². The highest BCUT2D eigenvalue weighted by molar-refractivity contribution is 7.91. The quantitative estimate of drug-likeness (QED) is 0.242. The lowest BCUT2D eigenvalue weighted by Crippen LogP contribution is -2.29. The van der Waals surface area contributed by atoms with Crippen molar-refractivity contribution in [2.24, 2.45) is 5.92 Å². The number of nitrogens with one attached hydrogen (secondary N) is 2. The van der Waals surface area contributed by atoms with Crippen LogP contribution in [0.2, 0.25) is 0 Å². The van der Waals surface area contributed by atoms with Crippen molar-refractivity contribution in [1.82, 2.24) is 29.0 Å². The minimum Gasteiger partial charge on any atom is -0.381 e. The fourth-order valence-corrected chi connectivity index (χ4v) is 8.44. The highest BCUT2D eigenvalue weighted by Crippen LogP contribution is 2.29. The minimum absolute atomic E-state index is 0.182. The number of anilines is 2. The van der Waals surface area contributed by atoms with Gasteiger partial charge in [-0.3, -0.25) is 9.36 Å². The number of fused-ring (bicyclic) bond motifs is 1. The molecule has 0 saturated carbocycles. The van der Waals surface area contributed by atoms with Crippen molar-refractivity contribution in [1.29, 1.82) is 0 Å². The Morgan fingerprint density at radius 1 is 1.11 bits per heavy atom. The summed E-state index contributed by atoms with van der Waals surface area (Å²) in [4.78, 5) is 23.6. The van der Waals surface area contributed by atoms with Gasteiger partial charge < -0.3 is 15.4 Å². The van der Waals surface area contributed by atoms with Gasteiger partial charge in [-0.1, -0.05) is 18.2 Å². The second-order valence-electron chi connectivity index (χ2n) is 11.7. The third kappa shape index (κ3) is 6.05. The van der Waals surface area contributed by atoms with E-state index in [9.17, 15) is 13.2 Å². The zero-order valence-electron chi connectivity index (χ0n) is 25.0. The maximum Gasteiger partial charge on any atom is 0.292 e. The molecule has 2 fully saturated rings. The molecule has 0 bridgehead atoms. The number of rotatable bonds is 8. The van der Waals surface area contributed by atoms with Crippen molar-refractivity contribution >= 4 is 44.0 Å². The summed E-state index contributed by atoms with van der Waals surface area (Å²) in [6.45, 7) is 5.56. The van der Waals surface area contributed by atoms with Gasteiger partial charge in [0.05, 0.1) is 17.5 Å². The van der Waals surface area contributed by atoms with Crippen molar-refractivity contribution in [3.05, 3.63) is 81.8 Å². The Bertz CT molecular complexity index is 1970. The molecule has 6 heterocycles. The van der Waals surface area contributed by atoms with Gasteiger partial charge in [-0.05, 0) is 86.2 Å². The fraction of sp³-hybridized carbons (Fsp3) is 0.375. The first-order chi connectivity index (χ1) is 21.9. The largest absolute Gasteiger partial charge is 0.381 e. The van der Waals surface area contributed by atoms with Gasteiger partial charge in [0, 0.05) is 49.1 Å².